The Balaban J connectivity index is 1.97. The molecule has 2 atom stereocenters. The molecule has 1 saturated heterocycles. The van der Waals surface area contributed by atoms with Crippen LogP contribution in [0.4, 0.5) is 5.69 Å². The highest BCUT2D eigenvalue weighted by atomic mass is 16.5. The monoisotopic (exact) mass is 298 g/mol. The largest absolute Gasteiger partial charge is 0.497 e. The third-order valence-electron chi connectivity index (χ3n) is 3.91. The molecule has 0 bridgehead atoms. The zero-order valence-electron chi connectivity index (χ0n) is 12.5. The van der Waals surface area contributed by atoms with E-state index in [1.807, 2.05) is 48.5 Å². The van der Waals surface area contributed by atoms with Crippen molar-refractivity contribution in [2.45, 2.75) is 12.1 Å². The summed E-state index contributed by atoms with van der Waals surface area (Å²) >= 11 is 0. The number of rotatable bonds is 4. The molecule has 22 heavy (non-hydrogen) atoms. The molecule has 0 spiro atoms. The van der Waals surface area contributed by atoms with Gasteiger partial charge in [-0.3, -0.25) is 4.79 Å². The highest BCUT2D eigenvalue weighted by molar-refractivity contribution is 6.05. The van der Waals surface area contributed by atoms with Gasteiger partial charge in [-0.1, -0.05) is 18.2 Å². The predicted molar refractivity (Wildman–Crippen MR) is 84.2 cm³/mol. The maximum Gasteiger partial charge on any atom is 0.247 e. The predicted octanol–water partition coefficient (Wildman–Crippen LogP) is 2.12. The standard InChI is InChI=1S/C17H18N2O3/c1-21-13-7-3-5-11(9-13)16-15(18)17(20)19(16)12-6-4-8-14(10-12)22-2/h3-10,15-16H,18H2,1-2H3/t15-,16+/m1/s1. The third kappa shape index (κ3) is 2.29. The fourth-order valence-corrected chi connectivity index (χ4v) is 2.74. The second-order valence-electron chi connectivity index (χ2n) is 5.16. The average Bonchev–Trinajstić information content (AvgIpc) is 2.58. The maximum absolute atomic E-state index is 12.2. The Kier molecular flexibility index (Phi) is 3.73. The van der Waals surface area contributed by atoms with Crippen molar-refractivity contribution in [2.24, 2.45) is 5.73 Å². The van der Waals surface area contributed by atoms with Gasteiger partial charge in [-0.05, 0) is 29.8 Å². The summed E-state index contributed by atoms with van der Waals surface area (Å²) in [6.07, 6.45) is 0. The number of hydrogen-bond donors (Lipinski definition) is 1. The van der Waals surface area contributed by atoms with Crippen molar-refractivity contribution in [3.8, 4) is 11.5 Å². The molecule has 1 aliphatic rings. The second kappa shape index (κ2) is 5.69. The number of carbonyl (C=O) groups excluding carboxylic acids is 1. The first-order valence-electron chi connectivity index (χ1n) is 7.02. The maximum atomic E-state index is 12.2. The Hall–Kier alpha value is -2.53. The summed E-state index contributed by atoms with van der Waals surface area (Å²) in [5, 5.41) is 0. The molecule has 1 aliphatic heterocycles. The number of benzene rings is 2. The minimum absolute atomic E-state index is 0.0962. The van der Waals surface area contributed by atoms with E-state index in [1.165, 1.54) is 0 Å². The first-order chi connectivity index (χ1) is 10.7. The molecule has 1 amide bonds. The van der Waals surface area contributed by atoms with Crippen LogP contribution in [-0.4, -0.2) is 26.2 Å². The van der Waals surface area contributed by atoms with Crippen LogP contribution in [0.1, 0.15) is 11.6 Å². The number of β-lactam (4-membered cyclic amide) rings is 1. The van der Waals surface area contributed by atoms with Crippen LogP contribution in [-0.2, 0) is 4.79 Å². The van der Waals surface area contributed by atoms with Gasteiger partial charge in [-0.15, -0.1) is 0 Å². The number of amides is 1. The van der Waals surface area contributed by atoms with E-state index in [2.05, 4.69) is 0 Å². The number of anilines is 1. The summed E-state index contributed by atoms with van der Waals surface area (Å²) in [5.41, 5.74) is 7.75. The van der Waals surface area contributed by atoms with Crippen LogP contribution >= 0.6 is 0 Å². The average molecular weight is 298 g/mol. The lowest BCUT2D eigenvalue weighted by Gasteiger charge is -2.45. The van der Waals surface area contributed by atoms with Crippen LogP contribution in [0.25, 0.3) is 0 Å². The van der Waals surface area contributed by atoms with Gasteiger partial charge in [0.25, 0.3) is 0 Å². The van der Waals surface area contributed by atoms with Gasteiger partial charge in [0, 0.05) is 11.8 Å². The zero-order valence-corrected chi connectivity index (χ0v) is 12.5. The number of nitrogens with two attached hydrogens (primary N) is 1. The Morgan fingerprint density at radius 1 is 1.00 bits per heavy atom. The van der Waals surface area contributed by atoms with Crippen molar-refractivity contribution in [1.29, 1.82) is 0 Å². The molecule has 2 aromatic rings. The minimum atomic E-state index is -0.543. The molecule has 1 heterocycles. The molecule has 5 heteroatoms. The Morgan fingerprint density at radius 2 is 1.64 bits per heavy atom. The Morgan fingerprint density at radius 3 is 2.32 bits per heavy atom. The number of ether oxygens (including phenoxy) is 2. The van der Waals surface area contributed by atoms with Crippen LogP contribution in [0, 0.1) is 0 Å². The van der Waals surface area contributed by atoms with Gasteiger partial charge in [0.2, 0.25) is 5.91 Å². The molecule has 0 aromatic heterocycles. The van der Waals surface area contributed by atoms with Gasteiger partial charge in [0.1, 0.15) is 17.5 Å². The molecule has 0 aliphatic carbocycles. The molecule has 0 saturated carbocycles. The first kappa shape index (κ1) is 14.4. The molecular formula is C17H18N2O3. The lowest BCUT2D eigenvalue weighted by molar-refractivity contribution is -0.126. The number of hydrogen-bond acceptors (Lipinski definition) is 4. The lowest BCUT2D eigenvalue weighted by Crippen LogP contribution is -2.63. The van der Waals surface area contributed by atoms with E-state index in [4.69, 9.17) is 15.2 Å². The van der Waals surface area contributed by atoms with E-state index >= 15 is 0 Å². The van der Waals surface area contributed by atoms with E-state index in [-0.39, 0.29) is 11.9 Å². The van der Waals surface area contributed by atoms with Gasteiger partial charge in [0.05, 0.1) is 20.3 Å². The van der Waals surface area contributed by atoms with E-state index in [0.29, 0.717) is 5.75 Å². The molecule has 114 valence electrons. The van der Waals surface area contributed by atoms with Crippen LogP contribution in [0.2, 0.25) is 0 Å². The van der Waals surface area contributed by atoms with Gasteiger partial charge in [-0.2, -0.15) is 0 Å². The summed E-state index contributed by atoms with van der Waals surface area (Å²) in [7, 11) is 3.22. The molecule has 2 N–H and O–H groups in total. The number of nitrogens with zero attached hydrogens (tertiary/aromatic N) is 1. The van der Waals surface area contributed by atoms with Crippen molar-refractivity contribution in [2.75, 3.05) is 19.1 Å². The molecule has 1 fully saturated rings. The Bertz CT molecular complexity index is 702. The second-order valence-corrected chi connectivity index (χ2v) is 5.16. The van der Waals surface area contributed by atoms with Crippen molar-refractivity contribution < 1.29 is 14.3 Å². The normalized spacial score (nSPS) is 20.5. The van der Waals surface area contributed by atoms with E-state index in [9.17, 15) is 4.79 Å². The third-order valence-corrected chi connectivity index (χ3v) is 3.91. The first-order valence-corrected chi connectivity index (χ1v) is 7.02. The van der Waals surface area contributed by atoms with E-state index < -0.39 is 6.04 Å². The van der Waals surface area contributed by atoms with Crippen LogP contribution in [0.5, 0.6) is 11.5 Å². The smallest absolute Gasteiger partial charge is 0.247 e. The highest BCUT2D eigenvalue weighted by Gasteiger charge is 2.46. The van der Waals surface area contributed by atoms with Crippen molar-refractivity contribution >= 4 is 11.6 Å². The van der Waals surface area contributed by atoms with Crippen LogP contribution in [0.15, 0.2) is 48.5 Å². The molecule has 0 radical (unpaired) electrons. The summed E-state index contributed by atoms with van der Waals surface area (Å²) < 4.78 is 10.5. The van der Waals surface area contributed by atoms with Crippen LogP contribution < -0.4 is 20.1 Å². The zero-order chi connectivity index (χ0) is 15.7. The highest BCUT2D eigenvalue weighted by Crippen LogP contribution is 2.39. The fraction of sp³-hybridized carbons (Fsp3) is 0.235. The molecular weight excluding hydrogens is 280 g/mol. The minimum Gasteiger partial charge on any atom is -0.497 e. The summed E-state index contributed by atoms with van der Waals surface area (Å²) in [4.78, 5) is 13.9. The van der Waals surface area contributed by atoms with Gasteiger partial charge < -0.3 is 20.1 Å². The number of carbonyl (C=O) groups is 1. The summed E-state index contributed by atoms with van der Waals surface area (Å²) in [5.74, 6) is 1.35. The van der Waals surface area contributed by atoms with Crippen molar-refractivity contribution in [1.82, 2.24) is 0 Å². The lowest BCUT2D eigenvalue weighted by atomic mass is 9.88. The SMILES string of the molecule is COc1cccc([C@H]2[C@@H](N)C(=O)N2c2cccc(OC)c2)c1. The molecule has 5 nitrogen and oxygen atoms in total. The number of methoxy groups -OCH3 is 2. The van der Waals surface area contributed by atoms with E-state index in [1.54, 1.807) is 19.1 Å². The topological polar surface area (TPSA) is 64.8 Å². The van der Waals surface area contributed by atoms with Crippen molar-refractivity contribution in [3.05, 3.63) is 54.1 Å². The van der Waals surface area contributed by atoms with Crippen LogP contribution in [0.3, 0.4) is 0 Å². The van der Waals surface area contributed by atoms with E-state index in [0.717, 1.165) is 17.0 Å². The quantitative estimate of drug-likeness (QED) is 0.878. The van der Waals surface area contributed by atoms with Gasteiger partial charge >= 0.3 is 0 Å². The van der Waals surface area contributed by atoms with Gasteiger partial charge in [0.15, 0.2) is 0 Å². The van der Waals surface area contributed by atoms with Crippen molar-refractivity contribution in [3.63, 3.8) is 0 Å². The fourth-order valence-electron chi connectivity index (χ4n) is 2.74. The molecule has 2 aromatic carbocycles. The molecule has 0 unspecified atom stereocenters. The summed E-state index contributed by atoms with van der Waals surface area (Å²) in [6.45, 7) is 0. The Labute approximate surface area is 129 Å². The van der Waals surface area contributed by atoms with Gasteiger partial charge in [-0.25, -0.2) is 0 Å². The molecule has 3 rings (SSSR count). The summed E-state index contributed by atoms with van der Waals surface area (Å²) in [6, 6.07) is 14.3.